The number of nitrogens with zero attached hydrogens (tertiary/aromatic N) is 2. The maximum atomic E-state index is 11.7. The first-order chi connectivity index (χ1) is 10.7. The Balaban J connectivity index is 1.68. The summed E-state index contributed by atoms with van der Waals surface area (Å²) in [6.07, 6.45) is 5.98. The minimum atomic E-state index is -0.568. The highest BCUT2D eigenvalue weighted by Gasteiger charge is 2.19. The fourth-order valence-corrected chi connectivity index (χ4v) is 2.67. The van der Waals surface area contributed by atoms with Gasteiger partial charge in [-0.15, -0.1) is 0 Å². The predicted octanol–water partition coefficient (Wildman–Crippen LogP) is 1.70. The number of aromatic nitrogens is 2. The molecule has 0 aliphatic carbocycles. The van der Waals surface area contributed by atoms with Crippen molar-refractivity contribution in [2.45, 2.75) is 31.5 Å². The number of amides is 1. The topological polar surface area (TPSA) is 82.2 Å². The molecule has 0 spiro atoms. The summed E-state index contributed by atoms with van der Waals surface area (Å²) in [5, 5.41) is 7.45. The van der Waals surface area contributed by atoms with Gasteiger partial charge < -0.3 is 15.8 Å². The number of benzene rings is 1. The van der Waals surface area contributed by atoms with Crippen molar-refractivity contribution in [1.29, 1.82) is 0 Å². The molecule has 2 heterocycles. The first-order valence-electron chi connectivity index (χ1n) is 7.47. The summed E-state index contributed by atoms with van der Waals surface area (Å²) in [5.74, 6) is -0.418. The van der Waals surface area contributed by atoms with Crippen LogP contribution in [-0.4, -0.2) is 28.4 Å². The van der Waals surface area contributed by atoms with Gasteiger partial charge in [-0.3, -0.25) is 9.48 Å². The molecule has 1 aliphatic rings. The van der Waals surface area contributed by atoms with E-state index in [0.717, 1.165) is 37.2 Å². The van der Waals surface area contributed by atoms with E-state index in [9.17, 15) is 4.79 Å². The van der Waals surface area contributed by atoms with Crippen molar-refractivity contribution in [3.8, 4) is 0 Å². The Morgan fingerprint density at radius 1 is 1.45 bits per heavy atom. The van der Waals surface area contributed by atoms with Crippen molar-refractivity contribution in [3.63, 3.8) is 0 Å². The third-order valence-electron chi connectivity index (χ3n) is 3.78. The first kappa shape index (κ1) is 14.6. The fraction of sp³-hybridized carbons (Fsp3) is 0.375. The first-order valence-corrected chi connectivity index (χ1v) is 7.47. The van der Waals surface area contributed by atoms with Gasteiger partial charge in [-0.1, -0.05) is 30.3 Å². The van der Waals surface area contributed by atoms with Crippen molar-refractivity contribution >= 4 is 11.6 Å². The molecule has 2 atom stereocenters. The summed E-state index contributed by atoms with van der Waals surface area (Å²) in [4.78, 5) is 11.7. The molecule has 2 aromatic rings. The minimum absolute atomic E-state index is 0.230. The number of primary amides is 1. The molecular formula is C16H20N4O2. The zero-order valence-corrected chi connectivity index (χ0v) is 12.3. The van der Waals surface area contributed by atoms with Crippen LogP contribution in [0.25, 0.3) is 0 Å². The van der Waals surface area contributed by atoms with E-state index in [1.807, 2.05) is 41.2 Å². The maximum Gasteiger partial charge on any atom is 0.244 e. The molecule has 1 fully saturated rings. The van der Waals surface area contributed by atoms with Crippen molar-refractivity contribution in [3.05, 3.63) is 48.3 Å². The average molecular weight is 300 g/mol. The van der Waals surface area contributed by atoms with Gasteiger partial charge in [0.15, 0.2) is 0 Å². The quantitative estimate of drug-likeness (QED) is 0.850. The molecule has 1 aliphatic heterocycles. The van der Waals surface area contributed by atoms with Crippen molar-refractivity contribution in [1.82, 2.24) is 9.78 Å². The van der Waals surface area contributed by atoms with E-state index in [0.29, 0.717) is 0 Å². The maximum absolute atomic E-state index is 11.7. The van der Waals surface area contributed by atoms with Gasteiger partial charge in [-0.25, -0.2) is 0 Å². The fourth-order valence-electron chi connectivity index (χ4n) is 2.67. The number of rotatable bonds is 6. The standard InChI is InChI=1S/C16H20N4O2/c17-16(21)15(12-5-2-1-3-6-12)19-13-9-18-20(10-13)11-14-7-4-8-22-14/h1-3,5-6,9-10,14-15,19H,4,7-8,11H2,(H2,17,21)/t14-,15+/m0/s1. The Labute approximate surface area is 129 Å². The molecule has 22 heavy (non-hydrogen) atoms. The molecule has 1 aromatic carbocycles. The van der Waals surface area contributed by atoms with E-state index >= 15 is 0 Å². The van der Waals surface area contributed by atoms with Crippen LogP contribution in [0.15, 0.2) is 42.7 Å². The number of nitrogens with one attached hydrogen (secondary N) is 1. The van der Waals surface area contributed by atoms with Crippen LogP contribution in [0.2, 0.25) is 0 Å². The minimum Gasteiger partial charge on any atom is -0.376 e. The largest absolute Gasteiger partial charge is 0.376 e. The predicted molar refractivity (Wildman–Crippen MR) is 83.2 cm³/mol. The highest BCUT2D eigenvalue weighted by atomic mass is 16.5. The second kappa shape index (κ2) is 6.62. The van der Waals surface area contributed by atoms with Crippen LogP contribution in [0.4, 0.5) is 5.69 Å². The Kier molecular flexibility index (Phi) is 4.39. The summed E-state index contributed by atoms with van der Waals surface area (Å²) in [7, 11) is 0. The van der Waals surface area contributed by atoms with Gasteiger partial charge in [0.1, 0.15) is 6.04 Å². The second-order valence-corrected chi connectivity index (χ2v) is 5.48. The number of carbonyl (C=O) groups is 1. The molecule has 1 saturated heterocycles. The molecule has 6 nitrogen and oxygen atoms in total. The summed E-state index contributed by atoms with van der Waals surface area (Å²) >= 11 is 0. The molecule has 0 unspecified atom stereocenters. The molecule has 6 heteroatoms. The Hall–Kier alpha value is -2.34. The van der Waals surface area contributed by atoms with Gasteiger partial charge >= 0.3 is 0 Å². The number of anilines is 1. The van der Waals surface area contributed by atoms with Gasteiger partial charge in [0.2, 0.25) is 5.91 Å². The summed E-state index contributed by atoms with van der Waals surface area (Å²) < 4.78 is 7.43. The molecule has 0 radical (unpaired) electrons. The van der Waals surface area contributed by atoms with Crippen molar-refractivity contribution < 1.29 is 9.53 Å². The Morgan fingerprint density at radius 3 is 2.95 bits per heavy atom. The highest BCUT2D eigenvalue weighted by molar-refractivity contribution is 5.84. The molecule has 116 valence electrons. The zero-order chi connectivity index (χ0) is 15.4. The van der Waals surface area contributed by atoms with E-state index in [-0.39, 0.29) is 6.10 Å². The van der Waals surface area contributed by atoms with E-state index < -0.39 is 11.9 Å². The lowest BCUT2D eigenvalue weighted by molar-refractivity contribution is -0.118. The van der Waals surface area contributed by atoms with Gasteiger partial charge in [-0.2, -0.15) is 5.10 Å². The van der Waals surface area contributed by atoms with E-state index in [1.54, 1.807) is 6.20 Å². The van der Waals surface area contributed by atoms with Gasteiger partial charge in [0, 0.05) is 12.8 Å². The van der Waals surface area contributed by atoms with Crippen molar-refractivity contribution in [2.24, 2.45) is 5.73 Å². The molecule has 1 amide bonds. The van der Waals surface area contributed by atoms with E-state index in [4.69, 9.17) is 10.5 Å². The summed E-state index contributed by atoms with van der Waals surface area (Å²) in [6, 6.07) is 8.85. The Bertz CT molecular complexity index is 620. The monoisotopic (exact) mass is 300 g/mol. The molecule has 3 N–H and O–H groups in total. The van der Waals surface area contributed by atoms with E-state index in [2.05, 4.69) is 10.4 Å². The molecule has 0 saturated carbocycles. The third-order valence-corrected chi connectivity index (χ3v) is 3.78. The summed E-state index contributed by atoms with van der Waals surface area (Å²) in [6.45, 7) is 1.56. The normalized spacial score (nSPS) is 19.0. The molecular weight excluding hydrogens is 280 g/mol. The van der Waals surface area contributed by atoms with Gasteiger partial charge in [-0.05, 0) is 18.4 Å². The smallest absolute Gasteiger partial charge is 0.244 e. The highest BCUT2D eigenvalue weighted by Crippen LogP contribution is 2.20. The number of hydrogen-bond acceptors (Lipinski definition) is 4. The summed E-state index contributed by atoms with van der Waals surface area (Å²) in [5.41, 5.74) is 7.11. The van der Waals surface area contributed by atoms with Crippen molar-refractivity contribution in [2.75, 3.05) is 11.9 Å². The second-order valence-electron chi connectivity index (χ2n) is 5.48. The SMILES string of the molecule is NC(=O)[C@H](Nc1cnn(C[C@@H]2CCCO2)c1)c1ccccc1. The molecule has 1 aromatic heterocycles. The van der Waals surface area contributed by atoms with Crippen LogP contribution < -0.4 is 11.1 Å². The van der Waals surface area contributed by atoms with Gasteiger partial charge in [0.05, 0.1) is 24.5 Å². The lowest BCUT2D eigenvalue weighted by Gasteiger charge is -2.15. The number of nitrogens with two attached hydrogens (primary N) is 1. The number of carbonyl (C=O) groups excluding carboxylic acids is 1. The van der Waals surface area contributed by atoms with Crippen LogP contribution in [0.1, 0.15) is 24.4 Å². The number of hydrogen-bond donors (Lipinski definition) is 2. The van der Waals surface area contributed by atoms with E-state index in [1.165, 1.54) is 0 Å². The third kappa shape index (κ3) is 3.46. The molecule has 0 bridgehead atoms. The Morgan fingerprint density at radius 2 is 2.27 bits per heavy atom. The zero-order valence-electron chi connectivity index (χ0n) is 12.3. The van der Waals surface area contributed by atoms with Gasteiger partial charge in [0.25, 0.3) is 0 Å². The lowest BCUT2D eigenvalue weighted by Crippen LogP contribution is -2.27. The van der Waals surface area contributed by atoms with Crippen LogP contribution in [0.3, 0.4) is 0 Å². The number of ether oxygens (including phenoxy) is 1. The molecule has 3 rings (SSSR count). The van der Waals surface area contributed by atoms with Crippen LogP contribution in [0, 0.1) is 0 Å². The average Bonchev–Trinajstić information content (AvgIpc) is 3.18. The van der Waals surface area contributed by atoms with Crippen LogP contribution in [0.5, 0.6) is 0 Å². The van der Waals surface area contributed by atoms with Crippen LogP contribution in [-0.2, 0) is 16.1 Å². The lowest BCUT2D eigenvalue weighted by atomic mass is 10.1. The van der Waals surface area contributed by atoms with Crippen LogP contribution >= 0.6 is 0 Å².